The first kappa shape index (κ1) is 16.7. The monoisotopic (exact) mass is 322 g/mol. The van der Waals surface area contributed by atoms with E-state index in [1.807, 2.05) is 9.82 Å². The minimum absolute atomic E-state index is 0.0924. The summed E-state index contributed by atoms with van der Waals surface area (Å²) in [7, 11) is -4.41. The lowest BCUT2D eigenvalue weighted by Gasteiger charge is -2.11. The van der Waals surface area contributed by atoms with Gasteiger partial charge in [-0.2, -0.15) is 8.42 Å². The summed E-state index contributed by atoms with van der Waals surface area (Å²) >= 11 is 0. The Bertz CT molecular complexity index is 784. The molecule has 2 rings (SSSR count). The SMILES string of the molecule is O=C1C=CC=C2C(=O)C=CC=C12.[N-]=[N+]=NOS(=O)(=O)N=[N+]=[N-]. The minimum Gasteiger partial charge on any atom is -0.304 e. The summed E-state index contributed by atoms with van der Waals surface area (Å²) in [6.45, 7) is 0. The Labute approximate surface area is 123 Å². The Morgan fingerprint density at radius 2 is 1.45 bits per heavy atom. The van der Waals surface area contributed by atoms with Gasteiger partial charge in [0.1, 0.15) is 5.28 Å². The standard InChI is InChI=1S/C10H6O2.N6O3S/c11-9-5-1-3-7-8(9)4-2-6-10(7)12;1-3-5-9-10(7,8)6-4-2/h1-6H;. The second-order valence-corrected chi connectivity index (χ2v) is 4.62. The Hall–Kier alpha value is -3.33. The van der Waals surface area contributed by atoms with E-state index in [9.17, 15) is 18.0 Å². The van der Waals surface area contributed by atoms with Crippen LogP contribution in [0.3, 0.4) is 0 Å². The van der Waals surface area contributed by atoms with Gasteiger partial charge in [0.2, 0.25) is 0 Å². The number of carbonyl (C=O) groups is 2. The van der Waals surface area contributed by atoms with E-state index in [1.54, 1.807) is 24.3 Å². The highest BCUT2D eigenvalue weighted by Crippen LogP contribution is 2.21. The number of ketones is 2. The molecule has 0 bridgehead atoms. The highest BCUT2D eigenvalue weighted by atomic mass is 32.2. The molecule has 0 saturated carbocycles. The molecule has 2 aliphatic carbocycles. The quantitative estimate of drug-likeness (QED) is 0.333. The lowest BCUT2D eigenvalue weighted by molar-refractivity contribution is -0.114. The van der Waals surface area contributed by atoms with Gasteiger partial charge in [-0.25, -0.2) is 0 Å². The summed E-state index contributed by atoms with van der Waals surface area (Å²) in [5.74, 6) is -0.185. The predicted octanol–water partition coefficient (Wildman–Crippen LogP) is 1.90. The summed E-state index contributed by atoms with van der Waals surface area (Å²) in [5.41, 5.74) is 16.1. The van der Waals surface area contributed by atoms with Gasteiger partial charge in [-0.1, -0.05) is 24.3 Å². The van der Waals surface area contributed by atoms with Crippen molar-refractivity contribution < 1.29 is 22.3 Å². The van der Waals surface area contributed by atoms with Crippen molar-refractivity contribution in [3.8, 4) is 0 Å². The van der Waals surface area contributed by atoms with Crippen LogP contribution in [0.5, 0.6) is 0 Å². The van der Waals surface area contributed by atoms with Gasteiger partial charge >= 0.3 is 10.3 Å². The van der Waals surface area contributed by atoms with Crippen LogP contribution in [0.4, 0.5) is 0 Å². The predicted molar refractivity (Wildman–Crippen MR) is 72.8 cm³/mol. The van der Waals surface area contributed by atoms with Crippen molar-refractivity contribution in [1.29, 1.82) is 0 Å². The van der Waals surface area contributed by atoms with Crippen molar-refractivity contribution >= 4 is 21.9 Å². The molecule has 22 heavy (non-hydrogen) atoms. The van der Waals surface area contributed by atoms with Gasteiger partial charge in [-0.3, -0.25) is 9.59 Å². The number of azide groups is 2. The Balaban J connectivity index is 0.000000225. The van der Waals surface area contributed by atoms with Crippen LogP contribution < -0.4 is 0 Å². The number of rotatable bonds is 3. The van der Waals surface area contributed by atoms with Crippen molar-refractivity contribution in [2.75, 3.05) is 0 Å². The van der Waals surface area contributed by atoms with E-state index in [2.05, 4.69) is 14.1 Å². The molecule has 112 valence electrons. The average molecular weight is 322 g/mol. The number of nitrogens with zero attached hydrogens (tertiary/aromatic N) is 6. The van der Waals surface area contributed by atoms with E-state index in [0.29, 0.717) is 11.1 Å². The maximum Gasteiger partial charge on any atom is 0.409 e. The Kier molecular flexibility index (Phi) is 5.66. The van der Waals surface area contributed by atoms with Crippen LogP contribution in [0.15, 0.2) is 57.4 Å². The maximum absolute atomic E-state index is 11.2. The van der Waals surface area contributed by atoms with E-state index in [0.717, 1.165) is 0 Å². The Morgan fingerprint density at radius 3 is 1.86 bits per heavy atom. The first-order chi connectivity index (χ1) is 10.4. The molecular weight excluding hydrogens is 316 g/mol. The van der Waals surface area contributed by atoms with Gasteiger partial charge in [-0.15, -0.1) is 0 Å². The fourth-order valence-electron chi connectivity index (χ4n) is 1.37. The molecule has 0 spiro atoms. The fourth-order valence-corrected chi connectivity index (χ4v) is 1.60. The molecule has 0 radical (unpaired) electrons. The first-order valence-corrected chi connectivity index (χ1v) is 6.68. The zero-order valence-corrected chi connectivity index (χ0v) is 11.4. The molecule has 0 aromatic heterocycles. The molecule has 0 N–H and O–H groups in total. The normalized spacial score (nSPS) is 15.1. The van der Waals surface area contributed by atoms with E-state index < -0.39 is 10.3 Å². The van der Waals surface area contributed by atoms with E-state index in [1.165, 1.54) is 12.2 Å². The summed E-state index contributed by atoms with van der Waals surface area (Å²) in [6, 6.07) is 0. The van der Waals surface area contributed by atoms with Gasteiger partial charge in [0.25, 0.3) is 0 Å². The first-order valence-electron chi connectivity index (χ1n) is 5.31. The average Bonchev–Trinajstić information content (AvgIpc) is 2.47. The van der Waals surface area contributed by atoms with Gasteiger partial charge in [0.15, 0.2) is 11.6 Å². The molecule has 11 nitrogen and oxygen atoms in total. The van der Waals surface area contributed by atoms with Crippen LogP contribution >= 0.6 is 0 Å². The highest BCUT2D eigenvalue weighted by Gasteiger charge is 2.20. The second-order valence-electron chi connectivity index (χ2n) is 3.45. The molecule has 12 heteroatoms. The molecular formula is C10H6N6O5S. The molecule has 0 atom stereocenters. The molecule has 0 unspecified atom stereocenters. The van der Waals surface area contributed by atoms with Crippen LogP contribution in [0, 0.1) is 0 Å². The number of allylic oxidation sites excluding steroid dienone is 8. The number of hydrogen-bond donors (Lipinski definition) is 0. The minimum atomic E-state index is -4.41. The van der Waals surface area contributed by atoms with Crippen molar-refractivity contribution in [2.24, 2.45) is 9.80 Å². The van der Waals surface area contributed by atoms with Crippen LogP contribution in [-0.4, -0.2) is 20.0 Å². The number of hydrogen-bond acceptors (Lipinski definition) is 6. The summed E-state index contributed by atoms with van der Waals surface area (Å²) < 4.78 is 25.7. The zero-order chi connectivity index (χ0) is 16.6. The molecule has 0 aromatic carbocycles. The summed E-state index contributed by atoms with van der Waals surface area (Å²) in [4.78, 5) is 26.2. The van der Waals surface area contributed by atoms with E-state index in [4.69, 9.17) is 11.1 Å². The lowest BCUT2D eigenvalue weighted by Crippen LogP contribution is -2.13. The molecule has 0 fully saturated rings. The number of fused-ring (bicyclic) bond motifs is 1. The molecule has 0 amide bonds. The van der Waals surface area contributed by atoms with Crippen LogP contribution in [0.1, 0.15) is 0 Å². The van der Waals surface area contributed by atoms with Gasteiger partial charge in [0.05, 0.1) is 4.52 Å². The lowest BCUT2D eigenvalue weighted by atomic mass is 9.90. The van der Waals surface area contributed by atoms with Gasteiger partial charge in [0, 0.05) is 21.0 Å². The Morgan fingerprint density at radius 1 is 0.955 bits per heavy atom. The van der Waals surface area contributed by atoms with Crippen molar-refractivity contribution in [1.82, 2.24) is 0 Å². The zero-order valence-electron chi connectivity index (χ0n) is 10.6. The molecule has 0 saturated heterocycles. The van der Waals surface area contributed by atoms with E-state index >= 15 is 0 Å². The van der Waals surface area contributed by atoms with E-state index in [-0.39, 0.29) is 11.6 Å². The molecule has 2 aliphatic rings. The smallest absolute Gasteiger partial charge is 0.304 e. The van der Waals surface area contributed by atoms with Crippen LogP contribution in [0.25, 0.3) is 20.9 Å². The molecule has 0 aliphatic heterocycles. The van der Waals surface area contributed by atoms with Crippen molar-refractivity contribution in [3.63, 3.8) is 0 Å². The van der Waals surface area contributed by atoms with Gasteiger partial charge in [-0.05, 0) is 23.2 Å². The van der Waals surface area contributed by atoms with Crippen LogP contribution in [-0.2, 0) is 24.2 Å². The number of carbonyl (C=O) groups excluding carboxylic acids is 2. The second kappa shape index (κ2) is 7.45. The van der Waals surface area contributed by atoms with Gasteiger partial charge < -0.3 is 4.28 Å². The summed E-state index contributed by atoms with van der Waals surface area (Å²) in [5, 5.41) is 2.19. The third-order valence-electron chi connectivity index (χ3n) is 2.14. The van der Waals surface area contributed by atoms with Crippen LogP contribution in [0.2, 0.25) is 0 Å². The van der Waals surface area contributed by atoms with Crippen molar-refractivity contribution in [2.45, 2.75) is 0 Å². The largest absolute Gasteiger partial charge is 0.409 e. The third kappa shape index (κ3) is 4.65. The summed E-state index contributed by atoms with van der Waals surface area (Å²) in [6.07, 6.45) is 9.46. The topological polar surface area (TPSA) is 175 Å². The van der Waals surface area contributed by atoms with Crippen molar-refractivity contribution in [3.05, 3.63) is 68.5 Å². The fraction of sp³-hybridized carbons (Fsp3) is 0. The molecule has 0 heterocycles. The maximum atomic E-state index is 11.2. The highest BCUT2D eigenvalue weighted by molar-refractivity contribution is 7.85. The third-order valence-corrected chi connectivity index (χ3v) is 2.67. The molecule has 0 aromatic rings.